The average molecular weight is 489 g/mol. The molecule has 0 bridgehead atoms. The predicted octanol–water partition coefficient (Wildman–Crippen LogP) is 8.94. The van der Waals surface area contributed by atoms with Crippen molar-refractivity contribution in [1.29, 1.82) is 0 Å². The summed E-state index contributed by atoms with van der Waals surface area (Å²) in [6.07, 6.45) is 13.8. The van der Waals surface area contributed by atoms with E-state index in [9.17, 15) is 17.6 Å². The molecule has 0 spiro atoms. The first-order valence-corrected chi connectivity index (χ1v) is 14.4. The van der Waals surface area contributed by atoms with Crippen LogP contribution >= 0.6 is 0 Å². The topological polar surface area (TPSA) is 9.23 Å². The summed E-state index contributed by atoms with van der Waals surface area (Å²) in [6, 6.07) is 0. The molecule has 0 N–H and O–H groups in total. The summed E-state index contributed by atoms with van der Waals surface area (Å²) in [5, 5.41) is 0. The van der Waals surface area contributed by atoms with Crippen molar-refractivity contribution in [3.8, 4) is 0 Å². The highest BCUT2D eigenvalue weighted by molar-refractivity contribution is 4.94. The summed E-state index contributed by atoms with van der Waals surface area (Å²) >= 11 is 0. The zero-order chi connectivity index (χ0) is 24.3. The van der Waals surface area contributed by atoms with Gasteiger partial charge >= 0.3 is 0 Å². The summed E-state index contributed by atoms with van der Waals surface area (Å²) in [7, 11) is 1.49. The molecule has 4 rings (SSSR count). The number of hydrogen-bond acceptors (Lipinski definition) is 1. The third-order valence-electron chi connectivity index (χ3n) is 10.7. The summed E-state index contributed by atoms with van der Waals surface area (Å²) < 4.78 is 61.3. The largest absolute Gasteiger partial charge is 0.378 e. The minimum absolute atomic E-state index is 0.114. The number of ether oxygens (including phenoxy) is 1. The van der Waals surface area contributed by atoms with Crippen LogP contribution < -0.4 is 0 Å². The van der Waals surface area contributed by atoms with E-state index >= 15 is 0 Å². The molecule has 0 heterocycles. The lowest BCUT2D eigenvalue weighted by molar-refractivity contribution is -0.0729. The van der Waals surface area contributed by atoms with Crippen LogP contribution in [0.4, 0.5) is 17.6 Å². The summed E-state index contributed by atoms with van der Waals surface area (Å²) in [6.45, 7) is 1.09. The van der Waals surface area contributed by atoms with Crippen LogP contribution in [-0.2, 0) is 4.74 Å². The van der Waals surface area contributed by atoms with Crippen molar-refractivity contribution in [1.82, 2.24) is 0 Å². The van der Waals surface area contributed by atoms with Gasteiger partial charge in [-0.25, -0.2) is 17.6 Å². The van der Waals surface area contributed by atoms with Crippen molar-refractivity contribution >= 4 is 0 Å². The van der Waals surface area contributed by atoms with Gasteiger partial charge in [0.05, 0.1) is 6.10 Å². The van der Waals surface area contributed by atoms with Gasteiger partial charge in [0.1, 0.15) is 6.17 Å². The zero-order valence-corrected chi connectivity index (χ0v) is 21.5. The lowest BCUT2D eigenvalue weighted by atomic mass is 9.64. The first-order chi connectivity index (χ1) is 16.3. The van der Waals surface area contributed by atoms with Gasteiger partial charge in [-0.2, -0.15) is 0 Å². The van der Waals surface area contributed by atoms with E-state index in [1.54, 1.807) is 0 Å². The summed E-state index contributed by atoms with van der Waals surface area (Å²) in [5.74, 6) is 0.407. The lowest BCUT2D eigenvalue weighted by Gasteiger charge is -2.43. The molecule has 4 aliphatic rings. The van der Waals surface area contributed by atoms with Crippen molar-refractivity contribution in [2.24, 2.45) is 41.4 Å². The second-order valence-electron chi connectivity index (χ2n) is 12.6. The van der Waals surface area contributed by atoms with Gasteiger partial charge in [0.25, 0.3) is 0 Å². The van der Waals surface area contributed by atoms with Gasteiger partial charge in [-0.15, -0.1) is 0 Å². The molecule has 0 radical (unpaired) electrons. The Hall–Kier alpha value is -0.320. The van der Waals surface area contributed by atoms with Crippen LogP contribution in [0, 0.1) is 41.4 Å². The molecule has 4 aliphatic carbocycles. The van der Waals surface area contributed by atoms with Crippen LogP contribution in [0.5, 0.6) is 0 Å². The molecule has 4 fully saturated rings. The average Bonchev–Trinajstić information content (AvgIpc) is 2.85. The first kappa shape index (κ1) is 26.7. The monoisotopic (exact) mass is 488 g/mol. The van der Waals surface area contributed by atoms with E-state index in [0.717, 1.165) is 56.8 Å². The predicted molar refractivity (Wildman–Crippen MR) is 130 cm³/mol. The van der Waals surface area contributed by atoms with Crippen LogP contribution in [-0.4, -0.2) is 31.5 Å². The van der Waals surface area contributed by atoms with Crippen molar-refractivity contribution in [3.05, 3.63) is 0 Å². The van der Waals surface area contributed by atoms with Crippen LogP contribution in [0.1, 0.15) is 110 Å². The van der Waals surface area contributed by atoms with Crippen LogP contribution in [0.2, 0.25) is 0 Å². The van der Waals surface area contributed by atoms with Gasteiger partial charge in [-0.1, -0.05) is 25.7 Å². The smallest absolute Gasteiger partial charge is 0.248 e. The molecule has 198 valence electrons. The molecule has 4 unspecified atom stereocenters. The molecule has 5 heteroatoms. The van der Waals surface area contributed by atoms with Crippen molar-refractivity contribution in [2.75, 3.05) is 7.11 Å². The van der Waals surface area contributed by atoms with Crippen LogP contribution in [0.15, 0.2) is 0 Å². The Morgan fingerprint density at radius 3 is 1.59 bits per heavy atom. The molecule has 4 atom stereocenters. The fourth-order valence-electron chi connectivity index (χ4n) is 8.28. The molecule has 0 amide bonds. The maximum atomic E-state index is 14.7. The Labute approximate surface area is 205 Å². The highest BCUT2D eigenvalue weighted by Gasteiger charge is 2.45. The highest BCUT2D eigenvalue weighted by atomic mass is 19.3. The lowest BCUT2D eigenvalue weighted by Crippen LogP contribution is -2.45. The molecule has 0 saturated heterocycles. The van der Waals surface area contributed by atoms with Crippen LogP contribution in [0.25, 0.3) is 0 Å². The molecule has 0 aromatic carbocycles. The number of methoxy groups -OCH3 is 1. The molecule has 1 nitrogen and oxygen atoms in total. The van der Waals surface area contributed by atoms with Gasteiger partial charge in [0.2, 0.25) is 5.92 Å². The van der Waals surface area contributed by atoms with Crippen molar-refractivity contribution in [3.63, 3.8) is 0 Å². The number of rotatable bonds is 7. The van der Waals surface area contributed by atoms with E-state index < -0.39 is 30.3 Å². The Morgan fingerprint density at radius 2 is 1.09 bits per heavy atom. The first-order valence-electron chi connectivity index (χ1n) is 14.4. The zero-order valence-electron chi connectivity index (χ0n) is 21.5. The number of hydrogen-bond donors (Lipinski definition) is 0. The van der Waals surface area contributed by atoms with Crippen molar-refractivity contribution < 1.29 is 22.3 Å². The SMILES string of the molecule is COC1CCC(C2CCC(C3CCC(CCC4CCC(C(C)(F)F)CC4)CC3)CC2)C(F)C1F. The number of alkyl halides is 4. The van der Waals surface area contributed by atoms with E-state index in [-0.39, 0.29) is 5.92 Å². The molecule has 0 aromatic rings. The van der Waals surface area contributed by atoms with Gasteiger partial charge in [-0.3, -0.25) is 0 Å². The Balaban J connectivity index is 1.12. The fourth-order valence-corrected chi connectivity index (χ4v) is 8.28. The standard InChI is InChI=1S/C29H48F4O/c1-29(32,33)24-15-7-20(8-16-24)4-3-19-5-9-21(10-6-19)22-11-13-23(14-12-22)25-17-18-26(34-2)28(31)27(25)30/h19-28H,3-18H2,1-2H3. The Kier molecular flexibility index (Phi) is 9.29. The van der Waals surface area contributed by atoms with E-state index in [4.69, 9.17) is 4.74 Å². The van der Waals surface area contributed by atoms with Crippen molar-refractivity contribution in [2.45, 2.75) is 134 Å². The maximum absolute atomic E-state index is 14.7. The minimum atomic E-state index is -2.50. The Bertz CT molecular complexity index is 598. The third-order valence-corrected chi connectivity index (χ3v) is 10.7. The molecule has 0 aliphatic heterocycles. The molecule has 34 heavy (non-hydrogen) atoms. The van der Waals surface area contributed by atoms with Gasteiger partial charge < -0.3 is 4.74 Å². The fraction of sp³-hybridized carbons (Fsp3) is 1.00. The quantitative estimate of drug-likeness (QED) is 0.325. The molecular formula is C29H48F4O. The second-order valence-corrected chi connectivity index (χ2v) is 12.6. The van der Waals surface area contributed by atoms with Gasteiger partial charge in [-0.05, 0) is 119 Å². The molecule has 4 saturated carbocycles. The molecule has 0 aromatic heterocycles. The highest BCUT2D eigenvalue weighted by Crippen LogP contribution is 2.47. The minimum Gasteiger partial charge on any atom is -0.378 e. The number of halogens is 4. The maximum Gasteiger partial charge on any atom is 0.248 e. The normalized spacial score (nSPS) is 44.6. The van der Waals surface area contributed by atoms with E-state index in [2.05, 4.69) is 0 Å². The third kappa shape index (κ3) is 6.51. The van der Waals surface area contributed by atoms with E-state index in [1.165, 1.54) is 58.5 Å². The Morgan fingerprint density at radius 1 is 0.618 bits per heavy atom. The summed E-state index contributed by atoms with van der Waals surface area (Å²) in [4.78, 5) is 0. The van der Waals surface area contributed by atoms with E-state index in [1.807, 2.05) is 0 Å². The van der Waals surface area contributed by atoms with Gasteiger partial charge in [0.15, 0.2) is 6.17 Å². The van der Waals surface area contributed by atoms with E-state index in [0.29, 0.717) is 31.1 Å². The summed E-state index contributed by atoms with van der Waals surface area (Å²) in [5.41, 5.74) is 0. The van der Waals surface area contributed by atoms with Crippen LogP contribution in [0.3, 0.4) is 0 Å². The second kappa shape index (κ2) is 11.8. The van der Waals surface area contributed by atoms with Gasteiger partial charge in [0, 0.05) is 13.0 Å². The molecular weight excluding hydrogens is 440 g/mol.